The van der Waals surface area contributed by atoms with Gasteiger partial charge in [-0.3, -0.25) is 14.8 Å². The SMILES string of the molecule is Cc1ccccc1-n1c(O)c(C=Nc2ccccc2F)c(=O)[nH]c1=O. The summed E-state index contributed by atoms with van der Waals surface area (Å²) in [5.41, 5.74) is -0.681. The summed E-state index contributed by atoms with van der Waals surface area (Å²) < 4.78 is 14.6. The maximum atomic E-state index is 13.6. The smallest absolute Gasteiger partial charge is 0.335 e. The number of nitrogens with zero attached hydrogens (tertiary/aromatic N) is 2. The summed E-state index contributed by atoms with van der Waals surface area (Å²) in [5, 5.41) is 10.4. The first kappa shape index (κ1) is 16.4. The van der Waals surface area contributed by atoms with Crippen molar-refractivity contribution in [3.05, 3.63) is 86.3 Å². The first-order chi connectivity index (χ1) is 12.0. The molecule has 2 N–H and O–H groups in total. The zero-order chi connectivity index (χ0) is 18.0. The summed E-state index contributed by atoms with van der Waals surface area (Å²) >= 11 is 0. The largest absolute Gasteiger partial charge is 0.493 e. The first-order valence-electron chi connectivity index (χ1n) is 7.42. The molecule has 1 heterocycles. The Kier molecular flexibility index (Phi) is 4.30. The lowest BCUT2D eigenvalue weighted by Gasteiger charge is -2.11. The third-order valence-electron chi connectivity index (χ3n) is 3.66. The van der Waals surface area contributed by atoms with E-state index in [0.717, 1.165) is 16.3 Å². The molecule has 3 rings (SSSR count). The van der Waals surface area contributed by atoms with E-state index < -0.39 is 22.9 Å². The number of para-hydroxylation sites is 2. The molecular formula is C18H14FN3O3. The number of aliphatic imine (C=N–C) groups is 1. The van der Waals surface area contributed by atoms with Crippen molar-refractivity contribution >= 4 is 11.9 Å². The zero-order valence-corrected chi connectivity index (χ0v) is 13.2. The highest BCUT2D eigenvalue weighted by atomic mass is 19.1. The number of benzene rings is 2. The molecule has 0 atom stereocenters. The van der Waals surface area contributed by atoms with Gasteiger partial charge in [-0.1, -0.05) is 30.3 Å². The van der Waals surface area contributed by atoms with Crippen molar-refractivity contribution in [2.45, 2.75) is 6.92 Å². The molecule has 0 bridgehead atoms. The Morgan fingerprint density at radius 3 is 2.52 bits per heavy atom. The quantitative estimate of drug-likeness (QED) is 0.719. The van der Waals surface area contributed by atoms with Gasteiger partial charge in [-0.05, 0) is 30.7 Å². The minimum Gasteiger partial charge on any atom is -0.493 e. The molecule has 126 valence electrons. The average molecular weight is 339 g/mol. The van der Waals surface area contributed by atoms with E-state index in [1.165, 1.54) is 18.2 Å². The Morgan fingerprint density at radius 1 is 1.12 bits per heavy atom. The molecule has 0 saturated carbocycles. The van der Waals surface area contributed by atoms with Crippen LogP contribution in [0.5, 0.6) is 5.88 Å². The summed E-state index contributed by atoms with van der Waals surface area (Å²) in [6.45, 7) is 1.76. The number of aryl methyl sites for hydroxylation is 1. The summed E-state index contributed by atoms with van der Waals surface area (Å²) in [5.74, 6) is -1.13. The number of hydrogen-bond donors (Lipinski definition) is 2. The maximum Gasteiger partial charge on any atom is 0.335 e. The Balaban J connectivity index is 2.18. The Morgan fingerprint density at radius 2 is 1.80 bits per heavy atom. The number of hydrogen-bond acceptors (Lipinski definition) is 4. The van der Waals surface area contributed by atoms with Crippen LogP contribution in [0.4, 0.5) is 10.1 Å². The molecule has 7 heteroatoms. The predicted octanol–water partition coefficient (Wildman–Crippen LogP) is 2.43. The van der Waals surface area contributed by atoms with Crippen LogP contribution in [0.2, 0.25) is 0 Å². The number of H-pyrrole nitrogens is 1. The standard InChI is InChI=1S/C18H14FN3O3/c1-11-6-2-5-9-15(11)22-17(24)12(16(23)21-18(22)25)10-20-14-8-4-3-7-13(14)19/h2-10,24H,1H3,(H,21,23,25). The van der Waals surface area contributed by atoms with Gasteiger partial charge in [-0.15, -0.1) is 0 Å². The van der Waals surface area contributed by atoms with Gasteiger partial charge in [0.05, 0.1) is 11.4 Å². The molecule has 0 aliphatic heterocycles. The van der Waals surface area contributed by atoms with E-state index in [-0.39, 0.29) is 11.3 Å². The van der Waals surface area contributed by atoms with Gasteiger partial charge in [0, 0.05) is 6.21 Å². The molecular weight excluding hydrogens is 325 g/mol. The number of halogens is 1. The van der Waals surface area contributed by atoms with Crippen LogP contribution in [0.25, 0.3) is 5.69 Å². The second-order valence-electron chi connectivity index (χ2n) is 5.33. The second-order valence-corrected chi connectivity index (χ2v) is 5.33. The Hall–Kier alpha value is -3.48. The summed E-state index contributed by atoms with van der Waals surface area (Å²) in [4.78, 5) is 30.2. The third-order valence-corrected chi connectivity index (χ3v) is 3.66. The summed E-state index contributed by atoms with van der Waals surface area (Å²) in [6.07, 6.45) is 1.03. The molecule has 0 saturated heterocycles. The van der Waals surface area contributed by atoms with Gasteiger partial charge in [0.2, 0.25) is 5.88 Å². The lowest BCUT2D eigenvalue weighted by atomic mass is 10.2. The highest BCUT2D eigenvalue weighted by Gasteiger charge is 2.15. The Bertz CT molecular complexity index is 1080. The van der Waals surface area contributed by atoms with Crippen molar-refractivity contribution < 1.29 is 9.50 Å². The van der Waals surface area contributed by atoms with E-state index in [1.54, 1.807) is 37.3 Å². The van der Waals surface area contributed by atoms with Crippen LogP contribution < -0.4 is 11.2 Å². The fraction of sp³-hybridized carbons (Fsp3) is 0.0556. The predicted molar refractivity (Wildman–Crippen MR) is 92.7 cm³/mol. The van der Waals surface area contributed by atoms with Gasteiger partial charge < -0.3 is 5.11 Å². The van der Waals surface area contributed by atoms with Crippen LogP contribution in [0, 0.1) is 12.7 Å². The van der Waals surface area contributed by atoms with Crippen molar-refractivity contribution in [3.8, 4) is 11.6 Å². The number of rotatable bonds is 3. The first-order valence-corrected chi connectivity index (χ1v) is 7.42. The van der Waals surface area contributed by atoms with E-state index in [0.29, 0.717) is 5.69 Å². The average Bonchev–Trinajstić information content (AvgIpc) is 2.57. The molecule has 1 aromatic heterocycles. The molecule has 0 spiro atoms. The van der Waals surface area contributed by atoms with E-state index >= 15 is 0 Å². The molecule has 0 aliphatic carbocycles. The monoisotopic (exact) mass is 339 g/mol. The highest BCUT2D eigenvalue weighted by molar-refractivity contribution is 5.84. The van der Waals surface area contributed by atoms with Crippen molar-refractivity contribution in [2.75, 3.05) is 0 Å². The minimum absolute atomic E-state index is 0.00921. The van der Waals surface area contributed by atoms with Crippen molar-refractivity contribution in [3.63, 3.8) is 0 Å². The van der Waals surface area contributed by atoms with Crippen molar-refractivity contribution in [1.29, 1.82) is 0 Å². The van der Waals surface area contributed by atoms with Crippen LogP contribution in [0.1, 0.15) is 11.1 Å². The number of aromatic amines is 1. The van der Waals surface area contributed by atoms with Crippen LogP contribution in [0.3, 0.4) is 0 Å². The lowest BCUT2D eigenvalue weighted by molar-refractivity contribution is 0.430. The van der Waals surface area contributed by atoms with E-state index in [2.05, 4.69) is 9.98 Å². The van der Waals surface area contributed by atoms with Crippen LogP contribution in [-0.4, -0.2) is 20.9 Å². The lowest BCUT2D eigenvalue weighted by Crippen LogP contribution is -2.31. The molecule has 6 nitrogen and oxygen atoms in total. The van der Waals surface area contributed by atoms with Crippen LogP contribution in [-0.2, 0) is 0 Å². The van der Waals surface area contributed by atoms with Crippen LogP contribution in [0.15, 0.2) is 63.1 Å². The van der Waals surface area contributed by atoms with Gasteiger partial charge in [-0.25, -0.2) is 13.8 Å². The molecule has 2 aromatic carbocycles. The van der Waals surface area contributed by atoms with Gasteiger partial charge in [0.15, 0.2) is 0 Å². The molecule has 3 aromatic rings. The van der Waals surface area contributed by atoms with E-state index in [4.69, 9.17) is 0 Å². The van der Waals surface area contributed by atoms with Gasteiger partial charge in [0.1, 0.15) is 11.4 Å². The van der Waals surface area contributed by atoms with Crippen molar-refractivity contribution in [1.82, 2.24) is 9.55 Å². The molecule has 0 radical (unpaired) electrons. The van der Waals surface area contributed by atoms with Crippen molar-refractivity contribution in [2.24, 2.45) is 4.99 Å². The minimum atomic E-state index is -0.813. The van der Waals surface area contributed by atoms with Gasteiger partial charge in [0.25, 0.3) is 5.56 Å². The van der Waals surface area contributed by atoms with E-state index in [1.807, 2.05) is 0 Å². The molecule has 0 fully saturated rings. The van der Waals surface area contributed by atoms with Crippen LogP contribution >= 0.6 is 0 Å². The second kappa shape index (κ2) is 6.56. The van der Waals surface area contributed by atoms with E-state index in [9.17, 15) is 19.1 Å². The third kappa shape index (κ3) is 3.12. The molecule has 0 aliphatic rings. The summed E-state index contributed by atoms with van der Waals surface area (Å²) in [6, 6.07) is 12.6. The molecule has 0 amide bonds. The summed E-state index contributed by atoms with van der Waals surface area (Å²) in [7, 11) is 0. The molecule has 25 heavy (non-hydrogen) atoms. The van der Waals surface area contributed by atoms with Gasteiger partial charge >= 0.3 is 5.69 Å². The topological polar surface area (TPSA) is 87.4 Å². The van der Waals surface area contributed by atoms with Gasteiger partial charge in [-0.2, -0.15) is 0 Å². The fourth-order valence-electron chi connectivity index (χ4n) is 2.38. The Labute approximate surface area is 141 Å². The zero-order valence-electron chi connectivity index (χ0n) is 13.2. The molecule has 0 unspecified atom stereocenters. The number of aromatic hydroxyl groups is 1. The normalized spacial score (nSPS) is 11.1. The number of nitrogens with one attached hydrogen (secondary N) is 1. The highest BCUT2D eigenvalue weighted by Crippen LogP contribution is 2.20. The maximum absolute atomic E-state index is 13.6. The fourth-order valence-corrected chi connectivity index (χ4v) is 2.38. The number of aromatic nitrogens is 2.